The van der Waals surface area contributed by atoms with E-state index in [9.17, 15) is 19.1 Å². The molecule has 1 saturated heterocycles. The van der Waals surface area contributed by atoms with Gasteiger partial charge in [0, 0.05) is 17.7 Å². The molecule has 0 bridgehead atoms. The molecule has 0 spiro atoms. The monoisotopic (exact) mass is 383 g/mol. The average molecular weight is 383 g/mol. The van der Waals surface area contributed by atoms with E-state index in [-0.39, 0.29) is 16.9 Å². The van der Waals surface area contributed by atoms with Crippen LogP contribution in [0, 0.1) is 5.82 Å². The van der Waals surface area contributed by atoms with E-state index >= 15 is 0 Å². The van der Waals surface area contributed by atoms with Gasteiger partial charge in [-0.1, -0.05) is 43.7 Å². The molecule has 1 fully saturated rings. The highest BCUT2D eigenvalue weighted by Gasteiger charge is 2.46. The highest BCUT2D eigenvalue weighted by atomic mass is 19.1. The van der Waals surface area contributed by atoms with Gasteiger partial charge in [-0.05, 0) is 24.6 Å². The standard InChI is InChI=1S/C22H22FNO4/c1-3-4-12-24-19(16-10-5-6-11-17(16)23)18(21(26)22(24)27)20(25)14-8-7-9-15(13-14)28-2/h5-11,13,19,25H,3-4,12H2,1-2H3/b20-18-. The van der Waals surface area contributed by atoms with Crippen LogP contribution in [-0.4, -0.2) is 35.4 Å². The van der Waals surface area contributed by atoms with E-state index in [1.165, 1.54) is 24.1 Å². The van der Waals surface area contributed by atoms with Crippen molar-refractivity contribution in [1.82, 2.24) is 4.90 Å². The SMILES string of the molecule is CCCCN1C(=O)C(=O)/C(=C(\O)c2cccc(OC)c2)C1c1ccccc1F. The van der Waals surface area contributed by atoms with Crippen LogP contribution in [0.2, 0.25) is 0 Å². The van der Waals surface area contributed by atoms with Gasteiger partial charge in [0.15, 0.2) is 0 Å². The van der Waals surface area contributed by atoms with Crippen LogP contribution in [0.3, 0.4) is 0 Å². The summed E-state index contributed by atoms with van der Waals surface area (Å²) in [4.78, 5) is 26.8. The summed E-state index contributed by atoms with van der Waals surface area (Å²) in [6.45, 7) is 2.26. The molecule has 1 amide bonds. The number of aliphatic hydroxyl groups is 1. The van der Waals surface area contributed by atoms with Crippen LogP contribution in [0.4, 0.5) is 4.39 Å². The summed E-state index contributed by atoms with van der Waals surface area (Å²) in [5, 5.41) is 10.9. The molecule has 2 aromatic rings. The second kappa shape index (κ2) is 8.25. The number of methoxy groups -OCH3 is 1. The summed E-state index contributed by atoms with van der Waals surface area (Å²) in [5.41, 5.74) is 0.399. The van der Waals surface area contributed by atoms with Crippen LogP contribution in [-0.2, 0) is 9.59 Å². The number of rotatable bonds is 6. The summed E-state index contributed by atoms with van der Waals surface area (Å²) in [5.74, 6) is -1.93. The van der Waals surface area contributed by atoms with E-state index < -0.39 is 23.5 Å². The summed E-state index contributed by atoms with van der Waals surface area (Å²) in [6.07, 6.45) is 1.47. The van der Waals surface area contributed by atoms with Crippen molar-refractivity contribution in [3.63, 3.8) is 0 Å². The number of hydrogen-bond donors (Lipinski definition) is 1. The zero-order chi connectivity index (χ0) is 20.3. The number of amides is 1. The first-order valence-corrected chi connectivity index (χ1v) is 9.16. The van der Waals surface area contributed by atoms with Gasteiger partial charge in [-0.15, -0.1) is 0 Å². The molecular weight excluding hydrogens is 361 g/mol. The maximum absolute atomic E-state index is 14.6. The quantitative estimate of drug-likeness (QED) is 0.464. The minimum atomic E-state index is -0.973. The van der Waals surface area contributed by atoms with E-state index in [1.807, 2.05) is 6.92 Å². The lowest BCUT2D eigenvalue weighted by molar-refractivity contribution is -0.139. The minimum absolute atomic E-state index is 0.112. The van der Waals surface area contributed by atoms with E-state index in [4.69, 9.17) is 4.74 Å². The Bertz CT molecular complexity index is 938. The Labute approximate surface area is 163 Å². The third kappa shape index (κ3) is 3.50. The molecule has 1 unspecified atom stereocenters. The van der Waals surface area contributed by atoms with Gasteiger partial charge in [-0.2, -0.15) is 0 Å². The first-order valence-electron chi connectivity index (χ1n) is 9.16. The van der Waals surface area contributed by atoms with Gasteiger partial charge in [0.1, 0.15) is 17.3 Å². The highest BCUT2D eigenvalue weighted by Crippen LogP contribution is 2.40. The number of aliphatic hydroxyl groups excluding tert-OH is 1. The average Bonchev–Trinajstić information content (AvgIpc) is 2.96. The third-order valence-electron chi connectivity index (χ3n) is 4.84. The largest absolute Gasteiger partial charge is 0.507 e. The summed E-state index contributed by atoms with van der Waals surface area (Å²) in [7, 11) is 1.49. The van der Waals surface area contributed by atoms with E-state index in [0.717, 1.165) is 6.42 Å². The number of ether oxygens (including phenoxy) is 1. The molecule has 6 heteroatoms. The van der Waals surface area contributed by atoms with E-state index in [1.54, 1.807) is 36.4 Å². The maximum Gasteiger partial charge on any atom is 0.295 e. The fourth-order valence-corrected chi connectivity index (χ4v) is 3.39. The van der Waals surface area contributed by atoms with Crippen LogP contribution in [0.5, 0.6) is 5.75 Å². The normalized spacial score (nSPS) is 18.5. The lowest BCUT2D eigenvalue weighted by Crippen LogP contribution is -2.31. The maximum atomic E-state index is 14.6. The highest BCUT2D eigenvalue weighted by molar-refractivity contribution is 6.46. The lowest BCUT2D eigenvalue weighted by atomic mass is 9.95. The molecule has 3 rings (SSSR count). The van der Waals surface area contributed by atoms with Crippen molar-refractivity contribution in [3.05, 3.63) is 71.0 Å². The Morgan fingerprint density at radius 1 is 1.18 bits per heavy atom. The molecule has 0 radical (unpaired) electrons. The first-order chi connectivity index (χ1) is 13.5. The van der Waals surface area contributed by atoms with Crippen molar-refractivity contribution in [2.24, 2.45) is 0 Å². The predicted molar refractivity (Wildman–Crippen MR) is 103 cm³/mol. The molecule has 5 nitrogen and oxygen atoms in total. The molecule has 1 aliphatic rings. The Kier molecular flexibility index (Phi) is 5.78. The van der Waals surface area contributed by atoms with Gasteiger partial charge in [0.25, 0.3) is 11.7 Å². The Hall–Kier alpha value is -3.15. The zero-order valence-corrected chi connectivity index (χ0v) is 15.8. The topological polar surface area (TPSA) is 66.8 Å². The summed E-state index contributed by atoms with van der Waals surface area (Å²) < 4.78 is 19.7. The molecule has 146 valence electrons. The molecule has 28 heavy (non-hydrogen) atoms. The molecule has 0 aliphatic carbocycles. The Balaban J connectivity index is 2.19. The van der Waals surface area contributed by atoms with Crippen LogP contribution < -0.4 is 4.74 Å². The van der Waals surface area contributed by atoms with Crippen molar-refractivity contribution in [2.75, 3.05) is 13.7 Å². The van der Waals surface area contributed by atoms with Gasteiger partial charge >= 0.3 is 0 Å². The van der Waals surface area contributed by atoms with Crippen molar-refractivity contribution >= 4 is 17.4 Å². The van der Waals surface area contributed by atoms with Gasteiger partial charge in [0.05, 0.1) is 18.7 Å². The number of likely N-dealkylation sites (tertiary alicyclic amines) is 1. The molecule has 0 aromatic heterocycles. The van der Waals surface area contributed by atoms with Gasteiger partial charge in [-0.25, -0.2) is 4.39 Å². The van der Waals surface area contributed by atoms with Crippen LogP contribution in [0.15, 0.2) is 54.1 Å². The molecule has 1 atom stereocenters. The van der Waals surface area contributed by atoms with E-state index in [2.05, 4.69) is 0 Å². The second-order valence-electron chi connectivity index (χ2n) is 6.60. The molecule has 0 saturated carbocycles. The Morgan fingerprint density at radius 2 is 1.93 bits per heavy atom. The number of ketones is 1. The molecule has 1 aliphatic heterocycles. The van der Waals surface area contributed by atoms with Crippen LogP contribution in [0.25, 0.3) is 5.76 Å². The molecule has 1 heterocycles. The van der Waals surface area contributed by atoms with Gasteiger partial charge < -0.3 is 14.7 Å². The van der Waals surface area contributed by atoms with Crippen LogP contribution in [0.1, 0.15) is 36.9 Å². The summed E-state index contributed by atoms with van der Waals surface area (Å²) >= 11 is 0. The number of benzene rings is 2. The third-order valence-corrected chi connectivity index (χ3v) is 4.84. The first kappa shape index (κ1) is 19.6. The molecule has 2 aromatic carbocycles. The number of unbranched alkanes of at least 4 members (excludes halogenated alkanes) is 1. The zero-order valence-electron chi connectivity index (χ0n) is 15.8. The van der Waals surface area contributed by atoms with Crippen molar-refractivity contribution in [3.8, 4) is 5.75 Å². The van der Waals surface area contributed by atoms with Crippen molar-refractivity contribution < 1.29 is 23.8 Å². The Morgan fingerprint density at radius 3 is 2.61 bits per heavy atom. The fraction of sp³-hybridized carbons (Fsp3) is 0.273. The molecule has 1 N–H and O–H groups in total. The summed E-state index contributed by atoms with van der Waals surface area (Å²) in [6, 6.07) is 11.6. The van der Waals surface area contributed by atoms with Crippen molar-refractivity contribution in [1.29, 1.82) is 0 Å². The predicted octanol–water partition coefficient (Wildman–Crippen LogP) is 4.06. The second-order valence-corrected chi connectivity index (χ2v) is 6.60. The number of carbonyl (C=O) groups is 2. The fourth-order valence-electron chi connectivity index (χ4n) is 3.39. The smallest absolute Gasteiger partial charge is 0.295 e. The number of carbonyl (C=O) groups excluding carboxylic acids is 2. The number of halogens is 1. The van der Waals surface area contributed by atoms with Gasteiger partial charge in [0.2, 0.25) is 0 Å². The van der Waals surface area contributed by atoms with Crippen LogP contribution >= 0.6 is 0 Å². The van der Waals surface area contributed by atoms with Gasteiger partial charge in [-0.3, -0.25) is 9.59 Å². The number of nitrogens with zero attached hydrogens (tertiary/aromatic N) is 1. The van der Waals surface area contributed by atoms with E-state index in [0.29, 0.717) is 24.3 Å². The minimum Gasteiger partial charge on any atom is -0.507 e. The lowest BCUT2D eigenvalue weighted by Gasteiger charge is -2.25. The molecular formula is C22H22FNO4. The number of hydrogen-bond acceptors (Lipinski definition) is 4. The van der Waals surface area contributed by atoms with Crippen molar-refractivity contribution in [2.45, 2.75) is 25.8 Å². The number of Topliss-reactive ketones (excluding diaryl/α,β-unsaturated/α-hetero) is 1.